The molecule has 0 atom stereocenters. The third-order valence-electron chi connectivity index (χ3n) is 3.09. The maximum absolute atomic E-state index is 12.5. The quantitative estimate of drug-likeness (QED) is 0.683. The molecule has 21 heavy (non-hydrogen) atoms. The molecule has 1 heterocycles. The van der Waals surface area contributed by atoms with Crippen LogP contribution in [0.25, 0.3) is 5.69 Å². The van der Waals surface area contributed by atoms with E-state index in [2.05, 4.69) is 26.2 Å². The van der Waals surface area contributed by atoms with Crippen LogP contribution in [0.4, 0.5) is 0 Å². The van der Waals surface area contributed by atoms with Crippen molar-refractivity contribution in [2.24, 2.45) is 0 Å². The molecule has 3 rings (SSSR count). The lowest BCUT2D eigenvalue weighted by Gasteiger charge is -2.05. The summed E-state index contributed by atoms with van der Waals surface area (Å²) in [6.45, 7) is 0. The molecule has 0 amide bonds. The average molecular weight is 342 g/mol. The summed E-state index contributed by atoms with van der Waals surface area (Å²) >= 11 is 3.41. The van der Waals surface area contributed by atoms with E-state index in [0.29, 0.717) is 12.1 Å². The van der Waals surface area contributed by atoms with Gasteiger partial charge in [0.1, 0.15) is 5.69 Å². The van der Waals surface area contributed by atoms with Crippen molar-refractivity contribution in [3.8, 4) is 5.69 Å². The van der Waals surface area contributed by atoms with Crippen molar-refractivity contribution >= 4 is 21.7 Å². The highest BCUT2D eigenvalue weighted by Gasteiger charge is 2.15. The molecular weight excluding hydrogens is 330 g/mol. The molecule has 0 saturated heterocycles. The van der Waals surface area contributed by atoms with Crippen molar-refractivity contribution in [2.45, 2.75) is 6.42 Å². The highest BCUT2D eigenvalue weighted by Crippen LogP contribution is 2.15. The molecule has 5 heteroatoms. The highest BCUT2D eigenvalue weighted by atomic mass is 79.9. The van der Waals surface area contributed by atoms with E-state index in [4.69, 9.17) is 0 Å². The lowest BCUT2D eigenvalue weighted by molar-refractivity contribution is 0.0985. The third kappa shape index (κ3) is 3.08. The van der Waals surface area contributed by atoms with Gasteiger partial charge in [-0.15, -0.1) is 5.10 Å². The van der Waals surface area contributed by atoms with E-state index in [1.165, 1.54) is 6.20 Å². The highest BCUT2D eigenvalue weighted by molar-refractivity contribution is 9.10. The maximum atomic E-state index is 12.5. The average Bonchev–Trinajstić information content (AvgIpc) is 2.98. The minimum absolute atomic E-state index is 0.0121. The van der Waals surface area contributed by atoms with E-state index >= 15 is 0 Å². The lowest BCUT2D eigenvalue weighted by atomic mass is 10.1. The van der Waals surface area contributed by atoms with Crippen LogP contribution in [0.2, 0.25) is 0 Å². The van der Waals surface area contributed by atoms with Crippen molar-refractivity contribution in [1.82, 2.24) is 15.0 Å². The summed E-state index contributed by atoms with van der Waals surface area (Å²) in [5.41, 5.74) is 2.27. The summed E-state index contributed by atoms with van der Waals surface area (Å²) < 4.78 is 2.53. The van der Waals surface area contributed by atoms with E-state index in [9.17, 15) is 4.79 Å². The van der Waals surface area contributed by atoms with Crippen molar-refractivity contribution < 1.29 is 4.79 Å². The molecule has 0 bridgehead atoms. The van der Waals surface area contributed by atoms with E-state index < -0.39 is 0 Å². The maximum Gasteiger partial charge on any atom is 0.187 e. The molecule has 1 aromatic heterocycles. The van der Waals surface area contributed by atoms with Gasteiger partial charge < -0.3 is 0 Å². The number of ketones is 1. The van der Waals surface area contributed by atoms with E-state index in [1.54, 1.807) is 4.68 Å². The van der Waals surface area contributed by atoms with Crippen molar-refractivity contribution in [3.05, 3.63) is 76.5 Å². The smallest absolute Gasteiger partial charge is 0.187 e. The monoisotopic (exact) mass is 341 g/mol. The van der Waals surface area contributed by atoms with Gasteiger partial charge in [0, 0.05) is 10.9 Å². The summed E-state index contributed by atoms with van der Waals surface area (Å²) in [6, 6.07) is 17.2. The number of carbonyl (C=O) groups is 1. The number of hydrogen-bond acceptors (Lipinski definition) is 3. The number of aromatic nitrogens is 3. The van der Waals surface area contributed by atoms with E-state index in [-0.39, 0.29) is 5.78 Å². The number of carbonyl (C=O) groups excluding carboxylic acids is 1. The molecule has 0 N–H and O–H groups in total. The summed E-state index contributed by atoms with van der Waals surface area (Å²) in [6.07, 6.45) is 1.83. The van der Waals surface area contributed by atoms with Gasteiger partial charge in [-0.3, -0.25) is 4.79 Å². The molecule has 4 nitrogen and oxygen atoms in total. The largest absolute Gasteiger partial charge is 0.292 e. The Morgan fingerprint density at radius 3 is 2.67 bits per heavy atom. The number of halogens is 1. The van der Waals surface area contributed by atoms with Crippen molar-refractivity contribution in [3.63, 3.8) is 0 Å². The Hall–Kier alpha value is -2.27. The summed E-state index contributed by atoms with van der Waals surface area (Å²) in [4.78, 5) is 12.5. The summed E-state index contributed by atoms with van der Waals surface area (Å²) in [5, 5.41) is 7.86. The fraction of sp³-hybridized carbons (Fsp3) is 0.0625. The Labute approximate surface area is 130 Å². The number of benzene rings is 2. The standard InChI is InChI=1S/C16H12BrN3O/c17-13-6-4-5-12(9-13)10-16(21)15-11-18-19-20(15)14-7-2-1-3-8-14/h1-9,11H,10H2. The topological polar surface area (TPSA) is 47.8 Å². The molecule has 0 aliphatic rings. The normalized spacial score (nSPS) is 10.5. The minimum Gasteiger partial charge on any atom is -0.292 e. The first-order valence-corrected chi connectivity index (χ1v) is 7.27. The Balaban J connectivity index is 1.88. The summed E-state index contributed by atoms with van der Waals surface area (Å²) in [5.74, 6) is -0.0121. The molecule has 0 aliphatic heterocycles. The molecule has 0 radical (unpaired) electrons. The lowest BCUT2D eigenvalue weighted by Crippen LogP contribution is -2.11. The van der Waals surface area contributed by atoms with Crippen LogP contribution in [0.5, 0.6) is 0 Å². The Morgan fingerprint density at radius 1 is 1.10 bits per heavy atom. The molecule has 0 fully saturated rings. The van der Waals surface area contributed by atoms with Crippen molar-refractivity contribution in [2.75, 3.05) is 0 Å². The van der Waals surface area contributed by atoms with Crippen LogP contribution in [0.15, 0.2) is 65.3 Å². The molecule has 0 spiro atoms. The van der Waals surface area contributed by atoms with Crippen LogP contribution in [0, 0.1) is 0 Å². The second-order valence-electron chi connectivity index (χ2n) is 4.60. The summed E-state index contributed by atoms with van der Waals surface area (Å²) in [7, 11) is 0. The van der Waals surface area contributed by atoms with Gasteiger partial charge in [-0.2, -0.15) is 0 Å². The van der Waals surface area contributed by atoms with Crippen LogP contribution in [0.3, 0.4) is 0 Å². The van der Waals surface area contributed by atoms with Crippen LogP contribution in [0.1, 0.15) is 16.1 Å². The number of para-hydroxylation sites is 1. The minimum atomic E-state index is -0.0121. The van der Waals surface area contributed by atoms with Crippen LogP contribution < -0.4 is 0 Å². The molecule has 0 aliphatic carbocycles. The van der Waals surface area contributed by atoms with Gasteiger partial charge in [0.25, 0.3) is 0 Å². The molecule has 3 aromatic rings. The van der Waals surface area contributed by atoms with Gasteiger partial charge in [0.15, 0.2) is 5.78 Å². The first-order chi connectivity index (χ1) is 10.2. The number of Topliss-reactive ketones (excluding diaryl/α,β-unsaturated/α-hetero) is 1. The first-order valence-electron chi connectivity index (χ1n) is 6.48. The van der Waals surface area contributed by atoms with Gasteiger partial charge in [0.2, 0.25) is 0 Å². The molecular formula is C16H12BrN3O. The number of hydrogen-bond donors (Lipinski definition) is 0. The van der Waals surface area contributed by atoms with Crippen molar-refractivity contribution in [1.29, 1.82) is 0 Å². The third-order valence-corrected chi connectivity index (χ3v) is 3.58. The Bertz CT molecular complexity index is 768. The predicted molar refractivity (Wildman–Crippen MR) is 83.5 cm³/mol. The fourth-order valence-corrected chi connectivity index (χ4v) is 2.55. The van der Waals surface area contributed by atoms with Gasteiger partial charge in [-0.1, -0.05) is 51.5 Å². The Morgan fingerprint density at radius 2 is 1.90 bits per heavy atom. The molecule has 0 saturated carbocycles. The molecule has 0 unspecified atom stereocenters. The molecule has 2 aromatic carbocycles. The van der Waals surface area contributed by atoms with Gasteiger partial charge in [-0.25, -0.2) is 4.68 Å². The van der Waals surface area contributed by atoms with Gasteiger partial charge in [0.05, 0.1) is 11.9 Å². The fourth-order valence-electron chi connectivity index (χ4n) is 2.11. The zero-order valence-corrected chi connectivity index (χ0v) is 12.7. The van der Waals surface area contributed by atoms with Crippen LogP contribution >= 0.6 is 15.9 Å². The number of rotatable bonds is 4. The van der Waals surface area contributed by atoms with E-state index in [1.807, 2.05) is 54.6 Å². The Kier molecular flexibility index (Phi) is 3.92. The molecule has 104 valence electrons. The number of nitrogens with zero attached hydrogens (tertiary/aromatic N) is 3. The van der Waals surface area contributed by atoms with Gasteiger partial charge in [-0.05, 0) is 29.8 Å². The zero-order chi connectivity index (χ0) is 14.7. The second-order valence-corrected chi connectivity index (χ2v) is 5.51. The van der Waals surface area contributed by atoms with Crippen LogP contribution in [-0.4, -0.2) is 20.8 Å². The van der Waals surface area contributed by atoms with Gasteiger partial charge >= 0.3 is 0 Å². The second kappa shape index (κ2) is 6.01. The zero-order valence-electron chi connectivity index (χ0n) is 11.1. The van der Waals surface area contributed by atoms with Crippen LogP contribution in [-0.2, 0) is 6.42 Å². The SMILES string of the molecule is O=C(Cc1cccc(Br)c1)c1cnnn1-c1ccccc1. The first kappa shape index (κ1) is 13.7. The van der Waals surface area contributed by atoms with E-state index in [0.717, 1.165) is 15.7 Å². The predicted octanol–water partition coefficient (Wildman–Crippen LogP) is 3.46.